The molecule has 0 amide bonds. The highest BCUT2D eigenvalue weighted by molar-refractivity contribution is 7.80. The normalized spacial score (nSPS) is 17.7. The highest BCUT2D eigenvalue weighted by Gasteiger charge is 2.42. The third-order valence-corrected chi connectivity index (χ3v) is 7.03. The summed E-state index contributed by atoms with van der Waals surface area (Å²) < 4.78 is 2.36. The Morgan fingerprint density at radius 1 is 0.971 bits per heavy atom. The van der Waals surface area contributed by atoms with E-state index >= 15 is 0 Å². The van der Waals surface area contributed by atoms with E-state index in [1.54, 1.807) is 0 Å². The molecule has 1 saturated heterocycles. The first-order chi connectivity index (χ1) is 16.6. The minimum atomic E-state index is -0.0492. The van der Waals surface area contributed by atoms with Gasteiger partial charge in [-0.1, -0.05) is 31.2 Å². The van der Waals surface area contributed by atoms with Crippen LogP contribution in [-0.2, 0) is 13.0 Å². The first kappa shape index (κ1) is 22.3. The number of benzene rings is 1. The number of pyridine rings is 2. The first-order valence-electron chi connectivity index (χ1n) is 11.7. The standard InChI is InChI=1S/C28H29N5S/c1-4-21-10-12-23(13-11-21)33-27(26(31-28(33)34)25-9-5-6-15-30-25)24-16-19(2)32(20(24)3)18-22-8-7-14-29-17-22/h5-17,26-27H,4,18H2,1-3H3,(H,31,34)/t26-,27-/m0/s1. The summed E-state index contributed by atoms with van der Waals surface area (Å²) in [5.41, 5.74) is 8.28. The summed E-state index contributed by atoms with van der Waals surface area (Å²) in [6.45, 7) is 7.33. The van der Waals surface area contributed by atoms with Gasteiger partial charge in [-0.05, 0) is 85.6 Å². The topological polar surface area (TPSA) is 46.0 Å². The van der Waals surface area contributed by atoms with Crippen LogP contribution in [0, 0.1) is 13.8 Å². The number of aryl methyl sites for hydroxylation is 2. The summed E-state index contributed by atoms with van der Waals surface area (Å²) in [6, 6.07) is 21.1. The summed E-state index contributed by atoms with van der Waals surface area (Å²) in [5, 5.41) is 4.30. The van der Waals surface area contributed by atoms with Crippen molar-refractivity contribution in [3.63, 3.8) is 0 Å². The van der Waals surface area contributed by atoms with Crippen molar-refractivity contribution in [2.24, 2.45) is 0 Å². The Hall–Kier alpha value is -3.51. The van der Waals surface area contributed by atoms with Crippen molar-refractivity contribution >= 4 is 23.0 Å². The van der Waals surface area contributed by atoms with E-state index in [9.17, 15) is 0 Å². The lowest BCUT2D eigenvalue weighted by molar-refractivity contribution is 0.563. The van der Waals surface area contributed by atoms with Crippen LogP contribution in [0.1, 0.15) is 52.8 Å². The maximum Gasteiger partial charge on any atom is 0.174 e. The predicted octanol–water partition coefficient (Wildman–Crippen LogP) is 5.68. The number of hydrogen-bond acceptors (Lipinski definition) is 3. The summed E-state index contributed by atoms with van der Waals surface area (Å²) in [4.78, 5) is 11.2. The Balaban J connectivity index is 1.61. The molecule has 4 heterocycles. The zero-order valence-corrected chi connectivity index (χ0v) is 20.6. The predicted molar refractivity (Wildman–Crippen MR) is 141 cm³/mol. The van der Waals surface area contributed by atoms with Crippen molar-refractivity contribution in [3.8, 4) is 0 Å². The molecule has 5 rings (SSSR count). The van der Waals surface area contributed by atoms with Gasteiger partial charge in [-0.2, -0.15) is 0 Å². The Morgan fingerprint density at radius 2 is 1.79 bits per heavy atom. The van der Waals surface area contributed by atoms with Crippen molar-refractivity contribution in [2.75, 3.05) is 4.90 Å². The van der Waals surface area contributed by atoms with E-state index in [0.29, 0.717) is 0 Å². The van der Waals surface area contributed by atoms with Crippen LogP contribution >= 0.6 is 12.2 Å². The van der Waals surface area contributed by atoms with E-state index in [1.807, 2.05) is 36.8 Å². The number of hydrogen-bond donors (Lipinski definition) is 1. The fourth-order valence-electron chi connectivity index (χ4n) is 4.89. The number of nitrogens with zero attached hydrogens (tertiary/aromatic N) is 4. The molecular weight excluding hydrogens is 438 g/mol. The zero-order valence-electron chi connectivity index (χ0n) is 19.8. The minimum Gasteiger partial charge on any atom is -0.351 e. The summed E-state index contributed by atoms with van der Waals surface area (Å²) in [6.07, 6.45) is 6.61. The van der Waals surface area contributed by atoms with Crippen LogP contribution in [0.25, 0.3) is 0 Å². The molecule has 5 nitrogen and oxygen atoms in total. The van der Waals surface area contributed by atoms with E-state index in [2.05, 4.69) is 88.0 Å². The summed E-state index contributed by atoms with van der Waals surface area (Å²) in [7, 11) is 0. The van der Waals surface area contributed by atoms with Gasteiger partial charge in [0, 0.05) is 42.2 Å². The molecule has 3 aromatic heterocycles. The number of rotatable bonds is 6. The Labute approximate surface area is 206 Å². The van der Waals surface area contributed by atoms with Crippen molar-refractivity contribution in [1.29, 1.82) is 0 Å². The molecule has 1 aliphatic heterocycles. The smallest absolute Gasteiger partial charge is 0.174 e. The second-order valence-corrected chi connectivity index (χ2v) is 9.18. The van der Waals surface area contributed by atoms with E-state index < -0.39 is 0 Å². The van der Waals surface area contributed by atoms with Gasteiger partial charge in [-0.25, -0.2) is 0 Å². The maximum atomic E-state index is 5.90. The van der Waals surface area contributed by atoms with Crippen LogP contribution in [0.4, 0.5) is 5.69 Å². The number of anilines is 1. The van der Waals surface area contributed by atoms with Gasteiger partial charge in [0.05, 0.1) is 17.8 Å². The van der Waals surface area contributed by atoms with Gasteiger partial charge in [0.2, 0.25) is 0 Å². The molecule has 1 aromatic carbocycles. The average molecular weight is 468 g/mol. The van der Waals surface area contributed by atoms with E-state index in [4.69, 9.17) is 12.2 Å². The van der Waals surface area contributed by atoms with Gasteiger partial charge in [-0.3, -0.25) is 9.97 Å². The molecule has 1 fully saturated rings. The summed E-state index contributed by atoms with van der Waals surface area (Å²) in [5.74, 6) is 0. The fourth-order valence-corrected chi connectivity index (χ4v) is 5.23. The highest BCUT2D eigenvalue weighted by Crippen LogP contribution is 2.43. The lowest BCUT2D eigenvalue weighted by atomic mass is 9.96. The molecular formula is C28H29N5S. The van der Waals surface area contributed by atoms with Crippen LogP contribution in [0.5, 0.6) is 0 Å². The monoisotopic (exact) mass is 467 g/mol. The average Bonchev–Trinajstić information content (AvgIpc) is 3.36. The molecule has 1 N–H and O–H groups in total. The van der Waals surface area contributed by atoms with Crippen molar-refractivity contribution in [1.82, 2.24) is 19.9 Å². The van der Waals surface area contributed by atoms with Crippen LogP contribution in [-0.4, -0.2) is 19.6 Å². The van der Waals surface area contributed by atoms with Gasteiger partial charge in [0.1, 0.15) is 0 Å². The largest absolute Gasteiger partial charge is 0.351 e. The zero-order chi connectivity index (χ0) is 23.7. The van der Waals surface area contributed by atoms with Crippen LogP contribution in [0.3, 0.4) is 0 Å². The summed E-state index contributed by atoms with van der Waals surface area (Å²) >= 11 is 5.90. The van der Waals surface area contributed by atoms with Crippen molar-refractivity contribution in [2.45, 2.75) is 45.8 Å². The van der Waals surface area contributed by atoms with Crippen molar-refractivity contribution in [3.05, 3.63) is 113 Å². The van der Waals surface area contributed by atoms with Crippen LogP contribution in [0.15, 0.2) is 79.3 Å². The second-order valence-electron chi connectivity index (χ2n) is 8.79. The molecule has 6 heteroatoms. The lowest BCUT2D eigenvalue weighted by Gasteiger charge is -2.28. The molecule has 2 atom stereocenters. The number of thiocarbonyl (C=S) groups is 1. The fraction of sp³-hybridized carbons (Fsp3) is 0.250. The number of nitrogens with one attached hydrogen (secondary N) is 1. The molecule has 34 heavy (non-hydrogen) atoms. The molecule has 0 saturated carbocycles. The van der Waals surface area contributed by atoms with Crippen LogP contribution < -0.4 is 10.2 Å². The molecule has 4 aromatic rings. The third kappa shape index (κ3) is 4.10. The Morgan fingerprint density at radius 3 is 2.47 bits per heavy atom. The first-order valence-corrected chi connectivity index (χ1v) is 12.1. The number of aromatic nitrogens is 3. The molecule has 0 unspecified atom stereocenters. The molecule has 0 bridgehead atoms. The van der Waals surface area contributed by atoms with Crippen LogP contribution in [0.2, 0.25) is 0 Å². The van der Waals surface area contributed by atoms with E-state index in [0.717, 1.165) is 29.5 Å². The second kappa shape index (κ2) is 9.39. The van der Waals surface area contributed by atoms with E-state index in [-0.39, 0.29) is 12.1 Å². The van der Waals surface area contributed by atoms with Gasteiger partial charge < -0.3 is 14.8 Å². The van der Waals surface area contributed by atoms with Gasteiger partial charge in [0.25, 0.3) is 0 Å². The minimum absolute atomic E-state index is 0.0104. The Kier molecular flexibility index (Phi) is 6.16. The molecule has 0 radical (unpaired) electrons. The molecule has 1 aliphatic rings. The van der Waals surface area contributed by atoms with Gasteiger partial charge >= 0.3 is 0 Å². The van der Waals surface area contributed by atoms with Gasteiger partial charge in [-0.15, -0.1) is 0 Å². The van der Waals surface area contributed by atoms with E-state index in [1.165, 1.54) is 28.1 Å². The Bertz CT molecular complexity index is 1280. The maximum absolute atomic E-state index is 5.90. The quantitative estimate of drug-likeness (QED) is 0.370. The SMILES string of the molecule is CCc1ccc(N2C(=S)N[C@@H](c3ccccn3)[C@@H]2c2cc(C)n(Cc3cccnc3)c2C)cc1. The lowest BCUT2D eigenvalue weighted by Crippen LogP contribution is -2.29. The highest BCUT2D eigenvalue weighted by atomic mass is 32.1. The van der Waals surface area contributed by atoms with Crippen molar-refractivity contribution < 1.29 is 0 Å². The third-order valence-electron chi connectivity index (χ3n) is 6.72. The molecule has 172 valence electrons. The molecule has 0 aliphatic carbocycles. The molecule has 0 spiro atoms. The van der Waals surface area contributed by atoms with Gasteiger partial charge in [0.15, 0.2) is 5.11 Å².